The molecule has 1 unspecified atom stereocenters. The maximum absolute atomic E-state index is 11.2. The quantitative estimate of drug-likeness (QED) is 0.569. The molecule has 6 heteroatoms. The van der Waals surface area contributed by atoms with Gasteiger partial charge in [-0.1, -0.05) is 59.8 Å². The second-order valence-electron chi connectivity index (χ2n) is 7.60. The number of halogens is 1. The van der Waals surface area contributed by atoms with E-state index in [0.717, 1.165) is 31.5 Å². The van der Waals surface area contributed by atoms with Gasteiger partial charge >= 0.3 is 5.97 Å². The zero-order valence-electron chi connectivity index (χ0n) is 16.4. The molecule has 0 radical (unpaired) electrons. The lowest BCUT2D eigenvalue weighted by Crippen LogP contribution is -2.40. The molecule has 4 rings (SSSR count). The van der Waals surface area contributed by atoms with Crippen LogP contribution in [0.4, 0.5) is 0 Å². The van der Waals surface area contributed by atoms with Crippen molar-refractivity contribution in [3.8, 4) is 0 Å². The number of aliphatic carboxylic acids is 1. The highest BCUT2D eigenvalue weighted by Crippen LogP contribution is 2.38. The maximum atomic E-state index is 11.2. The largest absolute Gasteiger partial charge is 0.481 e. The SMILES string of the molecule is Cl.O=C(O)[C@@H]1CCCN(CCO/N=C2/CC(c3ccccc3)c3ccccc32)C1. The molecule has 0 saturated carbocycles. The van der Waals surface area contributed by atoms with Gasteiger partial charge in [-0.2, -0.15) is 0 Å². The summed E-state index contributed by atoms with van der Waals surface area (Å²) < 4.78 is 0. The first-order valence-corrected chi connectivity index (χ1v) is 10.0. The Bertz CT molecular complexity index is 856. The van der Waals surface area contributed by atoms with Crippen LogP contribution in [0.5, 0.6) is 0 Å². The molecule has 1 aliphatic carbocycles. The number of fused-ring (bicyclic) bond motifs is 1. The van der Waals surface area contributed by atoms with Crippen LogP contribution in [0.2, 0.25) is 0 Å². The van der Waals surface area contributed by atoms with Crippen LogP contribution in [-0.4, -0.2) is 47.9 Å². The number of carboxylic acids is 1. The minimum Gasteiger partial charge on any atom is -0.481 e. The molecule has 2 aromatic carbocycles. The van der Waals surface area contributed by atoms with Gasteiger partial charge in [0.2, 0.25) is 0 Å². The summed E-state index contributed by atoms with van der Waals surface area (Å²) in [6, 6.07) is 18.9. The third-order valence-electron chi connectivity index (χ3n) is 5.77. The van der Waals surface area contributed by atoms with Gasteiger partial charge in [0.15, 0.2) is 0 Å². The predicted octanol–water partition coefficient (Wildman–Crippen LogP) is 4.16. The fourth-order valence-electron chi connectivity index (χ4n) is 4.30. The summed E-state index contributed by atoms with van der Waals surface area (Å²) in [5, 5.41) is 13.7. The minimum atomic E-state index is -0.694. The first kappa shape index (κ1) is 21.3. The number of piperidine rings is 1. The van der Waals surface area contributed by atoms with Gasteiger partial charge in [-0.25, -0.2) is 0 Å². The molecular weight excluding hydrogens is 388 g/mol. The highest BCUT2D eigenvalue weighted by atomic mass is 35.5. The third kappa shape index (κ3) is 4.98. The van der Waals surface area contributed by atoms with Crippen molar-refractivity contribution in [2.45, 2.75) is 25.2 Å². The van der Waals surface area contributed by atoms with Crippen LogP contribution < -0.4 is 0 Å². The highest BCUT2D eigenvalue weighted by molar-refractivity contribution is 6.05. The Kier molecular flexibility index (Phi) is 7.29. The van der Waals surface area contributed by atoms with Gasteiger partial charge in [0.25, 0.3) is 0 Å². The number of rotatable bonds is 6. The van der Waals surface area contributed by atoms with E-state index in [1.807, 2.05) is 12.1 Å². The molecule has 0 bridgehead atoms. The van der Waals surface area contributed by atoms with Crippen LogP contribution in [0.1, 0.15) is 41.9 Å². The van der Waals surface area contributed by atoms with Gasteiger partial charge < -0.3 is 9.94 Å². The first-order chi connectivity index (χ1) is 13.7. The second-order valence-corrected chi connectivity index (χ2v) is 7.60. The Hall–Kier alpha value is -2.37. The minimum absolute atomic E-state index is 0. The van der Waals surface area contributed by atoms with E-state index in [1.54, 1.807) is 0 Å². The molecule has 1 heterocycles. The van der Waals surface area contributed by atoms with Gasteiger partial charge in [0.05, 0.1) is 11.6 Å². The molecule has 1 saturated heterocycles. The smallest absolute Gasteiger partial charge is 0.307 e. The van der Waals surface area contributed by atoms with Crippen molar-refractivity contribution in [1.82, 2.24) is 4.90 Å². The van der Waals surface area contributed by atoms with Gasteiger partial charge in [-0.15, -0.1) is 12.4 Å². The predicted molar refractivity (Wildman–Crippen MR) is 116 cm³/mol. The Morgan fingerprint density at radius 1 is 1.14 bits per heavy atom. The second kappa shape index (κ2) is 9.90. The number of carboxylic acid groups (broad SMARTS) is 1. The van der Waals surface area contributed by atoms with Crippen molar-refractivity contribution in [3.05, 3.63) is 71.3 Å². The van der Waals surface area contributed by atoms with Crippen molar-refractivity contribution >= 4 is 24.1 Å². The lowest BCUT2D eigenvalue weighted by atomic mass is 9.93. The van der Waals surface area contributed by atoms with E-state index >= 15 is 0 Å². The number of oxime groups is 1. The van der Waals surface area contributed by atoms with Crippen molar-refractivity contribution < 1.29 is 14.7 Å². The molecule has 5 nitrogen and oxygen atoms in total. The number of hydrogen-bond acceptors (Lipinski definition) is 4. The molecule has 0 spiro atoms. The van der Waals surface area contributed by atoms with E-state index in [4.69, 9.17) is 4.84 Å². The average molecular weight is 415 g/mol. The average Bonchev–Trinajstić information content (AvgIpc) is 3.11. The number of carbonyl (C=O) groups is 1. The molecule has 2 aliphatic rings. The number of nitrogens with zero attached hydrogens (tertiary/aromatic N) is 2. The number of likely N-dealkylation sites (tertiary alicyclic amines) is 1. The number of hydrogen-bond donors (Lipinski definition) is 1. The maximum Gasteiger partial charge on any atom is 0.307 e. The molecule has 154 valence electrons. The van der Waals surface area contributed by atoms with Gasteiger partial charge in [0.1, 0.15) is 6.61 Å². The molecule has 1 aliphatic heterocycles. The molecule has 1 fully saturated rings. The van der Waals surface area contributed by atoms with Crippen LogP contribution in [0.3, 0.4) is 0 Å². The van der Waals surface area contributed by atoms with E-state index in [-0.39, 0.29) is 18.3 Å². The van der Waals surface area contributed by atoms with E-state index < -0.39 is 5.97 Å². The van der Waals surface area contributed by atoms with Crippen molar-refractivity contribution in [3.63, 3.8) is 0 Å². The lowest BCUT2D eigenvalue weighted by molar-refractivity contribution is -0.143. The van der Waals surface area contributed by atoms with Crippen LogP contribution in [0.15, 0.2) is 59.8 Å². The van der Waals surface area contributed by atoms with E-state index in [2.05, 4.69) is 52.5 Å². The third-order valence-corrected chi connectivity index (χ3v) is 5.77. The van der Waals surface area contributed by atoms with Crippen LogP contribution in [0, 0.1) is 5.92 Å². The highest BCUT2D eigenvalue weighted by Gasteiger charge is 2.29. The fraction of sp³-hybridized carbons (Fsp3) is 0.391. The Morgan fingerprint density at radius 2 is 1.90 bits per heavy atom. The summed E-state index contributed by atoms with van der Waals surface area (Å²) in [6.07, 6.45) is 2.54. The summed E-state index contributed by atoms with van der Waals surface area (Å²) in [6.45, 7) is 2.73. The first-order valence-electron chi connectivity index (χ1n) is 10.0. The Morgan fingerprint density at radius 3 is 2.69 bits per heavy atom. The zero-order chi connectivity index (χ0) is 19.3. The van der Waals surface area contributed by atoms with Crippen molar-refractivity contribution in [1.29, 1.82) is 0 Å². The van der Waals surface area contributed by atoms with E-state index in [9.17, 15) is 9.90 Å². The van der Waals surface area contributed by atoms with Crippen LogP contribution in [-0.2, 0) is 9.63 Å². The van der Waals surface area contributed by atoms with Gasteiger partial charge in [0, 0.05) is 31.0 Å². The van der Waals surface area contributed by atoms with Crippen molar-refractivity contribution in [2.75, 3.05) is 26.2 Å². The molecular formula is C23H27ClN2O3. The lowest BCUT2D eigenvalue weighted by Gasteiger charge is -2.29. The normalized spacial score (nSPS) is 22.7. The monoisotopic (exact) mass is 414 g/mol. The Labute approximate surface area is 177 Å². The van der Waals surface area contributed by atoms with Gasteiger partial charge in [-0.05, 0) is 30.5 Å². The molecule has 2 aromatic rings. The molecule has 29 heavy (non-hydrogen) atoms. The summed E-state index contributed by atoms with van der Waals surface area (Å²) >= 11 is 0. The van der Waals surface area contributed by atoms with Crippen LogP contribution >= 0.6 is 12.4 Å². The summed E-state index contributed by atoms with van der Waals surface area (Å²) in [7, 11) is 0. The standard InChI is InChI=1S/C23H26N2O3.ClH/c26-23(27)18-9-6-12-25(16-18)13-14-28-24-22-15-21(17-7-2-1-3-8-17)19-10-4-5-11-20(19)22;/h1-5,7-8,10-11,18,21H,6,9,12-16H2,(H,26,27);1H/b24-22-;/t18-,21?;/m1./s1. The van der Waals surface area contributed by atoms with Crippen molar-refractivity contribution in [2.24, 2.45) is 11.1 Å². The molecule has 1 N–H and O–H groups in total. The van der Waals surface area contributed by atoms with Crippen LogP contribution in [0.25, 0.3) is 0 Å². The van der Waals surface area contributed by atoms with Gasteiger partial charge in [-0.3, -0.25) is 9.69 Å². The van der Waals surface area contributed by atoms with E-state index in [1.165, 1.54) is 16.7 Å². The number of benzene rings is 2. The zero-order valence-corrected chi connectivity index (χ0v) is 17.2. The summed E-state index contributed by atoms with van der Waals surface area (Å²) in [4.78, 5) is 19.0. The fourth-order valence-corrected chi connectivity index (χ4v) is 4.30. The molecule has 0 aromatic heterocycles. The Balaban J connectivity index is 0.00000240. The molecule has 0 amide bonds. The van der Waals surface area contributed by atoms with E-state index in [0.29, 0.717) is 25.6 Å². The summed E-state index contributed by atoms with van der Waals surface area (Å²) in [5.74, 6) is -0.632. The molecule has 2 atom stereocenters. The topological polar surface area (TPSA) is 62.1 Å². The summed E-state index contributed by atoms with van der Waals surface area (Å²) in [5.41, 5.74) is 4.76.